The molecule has 0 radical (unpaired) electrons. The first-order valence-corrected chi connectivity index (χ1v) is 13.0. The Balaban J connectivity index is 1.55. The van der Waals surface area contributed by atoms with E-state index in [0.717, 1.165) is 16.0 Å². The molecule has 1 aliphatic heterocycles. The van der Waals surface area contributed by atoms with Crippen LogP contribution in [0.1, 0.15) is 23.4 Å². The summed E-state index contributed by atoms with van der Waals surface area (Å²) in [5.41, 5.74) is 8.96. The summed E-state index contributed by atoms with van der Waals surface area (Å²) in [5, 5.41) is 6.88. The molecule has 1 saturated heterocycles. The van der Waals surface area contributed by atoms with Crippen molar-refractivity contribution in [3.8, 4) is 21.9 Å². The van der Waals surface area contributed by atoms with Gasteiger partial charge in [0.15, 0.2) is 0 Å². The molecule has 12 heteroatoms. The lowest BCUT2D eigenvalue weighted by Gasteiger charge is -2.47. The van der Waals surface area contributed by atoms with Gasteiger partial charge < -0.3 is 15.1 Å². The predicted molar refractivity (Wildman–Crippen MR) is 131 cm³/mol. The lowest BCUT2D eigenvalue weighted by molar-refractivity contribution is 0.116. The summed E-state index contributed by atoms with van der Waals surface area (Å²) in [6, 6.07) is 11.4. The average molecular weight is 532 g/mol. The lowest BCUT2D eigenvalue weighted by atomic mass is 9.82. The number of urea groups is 1. The standard InChI is InChI=1S/C24H20F3N5O2S2/c25-18-9-15(21-30-31-22(34-21)20(26)27)4-5-16(18)10-24(12-35-7-6-32(24)23(28)33)17-3-1-2-14(8-17)19-11-29-13-36-19/h1-5,8-9,11,13,20H,6-7,10,12H2,(H2,28,33). The third-order valence-electron chi connectivity index (χ3n) is 6.11. The molecule has 0 aliphatic carbocycles. The van der Waals surface area contributed by atoms with Gasteiger partial charge in [-0.3, -0.25) is 4.98 Å². The summed E-state index contributed by atoms with van der Waals surface area (Å²) in [6.07, 6.45) is -0.986. The summed E-state index contributed by atoms with van der Waals surface area (Å²) in [4.78, 5) is 19.3. The van der Waals surface area contributed by atoms with Gasteiger partial charge in [0, 0.05) is 36.2 Å². The molecule has 1 fully saturated rings. The lowest BCUT2D eigenvalue weighted by Crippen LogP contribution is -2.57. The van der Waals surface area contributed by atoms with Crippen LogP contribution in [0.3, 0.4) is 0 Å². The van der Waals surface area contributed by atoms with Gasteiger partial charge >= 0.3 is 12.5 Å². The summed E-state index contributed by atoms with van der Waals surface area (Å²) >= 11 is 3.16. The van der Waals surface area contributed by atoms with Crippen molar-refractivity contribution in [1.29, 1.82) is 0 Å². The van der Waals surface area contributed by atoms with Crippen LogP contribution >= 0.6 is 23.1 Å². The Bertz CT molecular complexity index is 1380. The fraction of sp³-hybridized carbons (Fsp3) is 0.250. The second-order valence-electron chi connectivity index (χ2n) is 8.25. The number of carbonyl (C=O) groups excluding carboxylic acids is 1. The Labute approximate surface area is 212 Å². The van der Waals surface area contributed by atoms with Gasteiger partial charge in [0.05, 0.1) is 15.9 Å². The molecule has 7 nitrogen and oxygen atoms in total. The van der Waals surface area contributed by atoms with Crippen LogP contribution in [0, 0.1) is 5.82 Å². The van der Waals surface area contributed by atoms with Crippen molar-refractivity contribution >= 4 is 29.1 Å². The van der Waals surface area contributed by atoms with Crippen molar-refractivity contribution < 1.29 is 22.4 Å². The molecule has 4 aromatic rings. The van der Waals surface area contributed by atoms with E-state index in [-0.39, 0.29) is 17.9 Å². The maximum atomic E-state index is 15.4. The number of nitrogens with zero attached hydrogens (tertiary/aromatic N) is 4. The second kappa shape index (κ2) is 9.94. The average Bonchev–Trinajstić information content (AvgIpc) is 3.59. The molecule has 2 N–H and O–H groups in total. The first-order chi connectivity index (χ1) is 17.4. The molecule has 1 atom stereocenters. The molecule has 3 heterocycles. The molecule has 36 heavy (non-hydrogen) atoms. The largest absolute Gasteiger partial charge is 0.415 e. The van der Waals surface area contributed by atoms with Crippen LogP contribution in [-0.2, 0) is 12.0 Å². The van der Waals surface area contributed by atoms with Crippen molar-refractivity contribution in [2.75, 3.05) is 18.1 Å². The van der Waals surface area contributed by atoms with E-state index >= 15 is 4.39 Å². The third kappa shape index (κ3) is 4.58. The zero-order valence-corrected chi connectivity index (χ0v) is 20.4. The zero-order chi connectivity index (χ0) is 25.3. The summed E-state index contributed by atoms with van der Waals surface area (Å²) in [5.74, 6) is -0.378. The van der Waals surface area contributed by atoms with Gasteiger partial charge in [-0.25, -0.2) is 9.18 Å². The van der Waals surface area contributed by atoms with Gasteiger partial charge in [-0.05, 0) is 34.9 Å². The van der Waals surface area contributed by atoms with Crippen molar-refractivity contribution in [2.24, 2.45) is 5.73 Å². The van der Waals surface area contributed by atoms with Gasteiger partial charge in [-0.1, -0.05) is 24.3 Å². The van der Waals surface area contributed by atoms with Gasteiger partial charge in [0.25, 0.3) is 5.89 Å². The second-order valence-corrected chi connectivity index (χ2v) is 10.2. The highest BCUT2D eigenvalue weighted by molar-refractivity contribution is 7.99. The minimum atomic E-state index is -2.92. The molecule has 0 bridgehead atoms. The highest BCUT2D eigenvalue weighted by Gasteiger charge is 2.43. The molecular weight excluding hydrogens is 511 g/mol. The van der Waals surface area contributed by atoms with Crippen LogP contribution < -0.4 is 5.73 Å². The van der Waals surface area contributed by atoms with Crippen LogP contribution in [0.5, 0.6) is 0 Å². The zero-order valence-electron chi connectivity index (χ0n) is 18.7. The fourth-order valence-corrected chi connectivity index (χ4v) is 6.23. The van der Waals surface area contributed by atoms with E-state index in [9.17, 15) is 13.6 Å². The maximum absolute atomic E-state index is 15.4. The highest BCUT2D eigenvalue weighted by Crippen LogP contribution is 2.41. The first kappa shape index (κ1) is 24.3. The molecule has 0 spiro atoms. The Morgan fingerprint density at radius 1 is 1.19 bits per heavy atom. The molecule has 186 valence electrons. The molecule has 5 rings (SSSR count). The van der Waals surface area contributed by atoms with E-state index in [4.69, 9.17) is 10.2 Å². The summed E-state index contributed by atoms with van der Waals surface area (Å²) in [6.45, 7) is 0.420. The molecular formula is C24H20F3N5O2S2. The van der Waals surface area contributed by atoms with Gasteiger partial charge in [-0.2, -0.15) is 20.5 Å². The molecule has 2 aromatic heterocycles. The van der Waals surface area contributed by atoms with E-state index in [1.54, 1.807) is 34.4 Å². The van der Waals surface area contributed by atoms with Crippen LogP contribution in [0.15, 0.2) is 58.6 Å². The van der Waals surface area contributed by atoms with Crippen LogP contribution in [0.2, 0.25) is 0 Å². The van der Waals surface area contributed by atoms with Gasteiger partial charge in [0.2, 0.25) is 5.89 Å². The molecule has 2 aromatic carbocycles. The number of primary amides is 1. The van der Waals surface area contributed by atoms with Gasteiger partial charge in [0.1, 0.15) is 5.82 Å². The number of amides is 2. The Kier molecular flexibility index (Phi) is 6.71. The fourth-order valence-electron chi connectivity index (χ4n) is 4.40. The number of rotatable bonds is 6. The van der Waals surface area contributed by atoms with Crippen LogP contribution in [0.25, 0.3) is 21.9 Å². The highest BCUT2D eigenvalue weighted by atomic mass is 32.2. The number of benzene rings is 2. The van der Waals surface area contributed by atoms with E-state index in [2.05, 4.69) is 15.2 Å². The van der Waals surface area contributed by atoms with Crippen molar-refractivity contribution in [3.05, 3.63) is 77.0 Å². The van der Waals surface area contributed by atoms with Crippen molar-refractivity contribution in [2.45, 2.75) is 18.4 Å². The third-order valence-corrected chi connectivity index (χ3v) is 8.08. The molecule has 2 amide bonds. The normalized spacial score (nSPS) is 18.1. The van der Waals surface area contributed by atoms with E-state index in [1.165, 1.54) is 23.5 Å². The number of hydrogen-bond acceptors (Lipinski definition) is 7. The van der Waals surface area contributed by atoms with E-state index < -0.39 is 29.7 Å². The number of nitrogens with two attached hydrogens (primary N) is 1. The van der Waals surface area contributed by atoms with E-state index in [0.29, 0.717) is 23.6 Å². The SMILES string of the molecule is NC(=O)N1CCSCC1(Cc1ccc(-c2nnc(C(F)F)o2)cc1F)c1cccc(-c2cncs2)c1. The minimum absolute atomic E-state index is 0.160. The number of aromatic nitrogens is 3. The van der Waals surface area contributed by atoms with Crippen molar-refractivity contribution in [1.82, 2.24) is 20.1 Å². The Morgan fingerprint density at radius 2 is 2.06 bits per heavy atom. The first-order valence-electron chi connectivity index (χ1n) is 10.9. The maximum Gasteiger partial charge on any atom is 0.315 e. The number of carbonyl (C=O) groups is 1. The van der Waals surface area contributed by atoms with Gasteiger partial charge in [-0.15, -0.1) is 21.5 Å². The van der Waals surface area contributed by atoms with Crippen LogP contribution in [0.4, 0.5) is 18.0 Å². The van der Waals surface area contributed by atoms with Crippen LogP contribution in [-0.4, -0.2) is 44.2 Å². The number of thioether (sulfide) groups is 1. The monoisotopic (exact) mass is 531 g/mol. The minimum Gasteiger partial charge on any atom is -0.415 e. The Hall–Kier alpha value is -3.38. The smallest absolute Gasteiger partial charge is 0.315 e. The number of alkyl halides is 2. The number of hydrogen-bond donors (Lipinski definition) is 1. The topological polar surface area (TPSA) is 98.1 Å². The van der Waals surface area contributed by atoms with E-state index in [1.807, 2.05) is 24.3 Å². The summed E-state index contributed by atoms with van der Waals surface area (Å²) in [7, 11) is 0. The molecule has 1 aliphatic rings. The summed E-state index contributed by atoms with van der Waals surface area (Å²) < 4.78 is 45.9. The Morgan fingerprint density at radius 3 is 2.75 bits per heavy atom. The molecule has 1 unspecified atom stereocenters. The quantitative estimate of drug-likeness (QED) is 0.353. The predicted octanol–water partition coefficient (Wildman–Crippen LogP) is 5.50. The van der Waals surface area contributed by atoms with Crippen molar-refractivity contribution in [3.63, 3.8) is 0 Å². The number of thiazole rings is 1. The number of halogens is 3. The molecule has 0 saturated carbocycles.